The van der Waals surface area contributed by atoms with Crippen LogP contribution >= 0.6 is 0 Å². The van der Waals surface area contributed by atoms with E-state index in [-0.39, 0.29) is 17.4 Å². The highest BCUT2D eigenvalue weighted by atomic mass is 32.2. The summed E-state index contributed by atoms with van der Waals surface area (Å²) >= 11 is 0. The molecule has 2 aromatic carbocycles. The fourth-order valence-corrected chi connectivity index (χ4v) is 6.43. The van der Waals surface area contributed by atoms with E-state index in [1.54, 1.807) is 26.2 Å². The van der Waals surface area contributed by atoms with Crippen molar-refractivity contribution < 1.29 is 40.8 Å². The first kappa shape index (κ1) is 41.9. The Balaban J connectivity index is 2.33. The Labute approximate surface area is 292 Å². The number of hydrogen-bond acceptors (Lipinski definition) is 7. The number of rotatable bonds is 13. The maximum atomic E-state index is 14.1. The molecule has 2 aromatic rings. The van der Waals surface area contributed by atoms with Gasteiger partial charge in [-0.15, -0.1) is 0 Å². The molecule has 276 valence electrons. The summed E-state index contributed by atoms with van der Waals surface area (Å²) in [6.45, 7) is 14.3. The van der Waals surface area contributed by atoms with Crippen LogP contribution in [0.2, 0.25) is 0 Å². The number of alkyl halides is 3. The average molecular weight is 724 g/mol. The van der Waals surface area contributed by atoms with Gasteiger partial charge in [0.05, 0.1) is 17.0 Å². The fourth-order valence-electron chi connectivity index (χ4n) is 5.37. The number of nitrogens with one attached hydrogen (secondary N) is 4. The normalized spacial score (nSPS) is 14.7. The number of carbonyl (C=O) groups excluding carboxylic acids is 4. The van der Waals surface area contributed by atoms with Crippen LogP contribution < -0.4 is 20.7 Å². The van der Waals surface area contributed by atoms with Gasteiger partial charge in [-0.3, -0.25) is 19.2 Å². The number of benzene rings is 2. The fraction of sp³-hybridized carbons (Fsp3) is 0.486. The van der Waals surface area contributed by atoms with E-state index in [0.717, 1.165) is 29.8 Å². The second-order valence-corrected chi connectivity index (χ2v) is 15.7. The summed E-state index contributed by atoms with van der Waals surface area (Å²) in [5.41, 5.74) is -0.975. The van der Waals surface area contributed by atoms with Gasteiger partial charge < -0.3 is 20.9 Å². The standard InChI is InChI=1S/C35H48F3N5O6S/c1-21(2)26(19-22(3)29(44)42-50(48,49)25-18-14-17-24(20-25)40-32(47)35(36,37)38)43(10)31(46)28(33(4,5)6)41-30(45)27(39-9)34(7,8)23-15-12-11-13-16-23/h11-21,26-28,39H,1-10H3,(H,40,47)(H,41,45)(H,42,44)/b22-19+/t26-,27-,28?/m1/s1. The molecule has 0 aliphatic carbocycles. The number of amides is 4. The van der Waals surface area contributed by atoms with Gasteiger partial charge in [0.2, 0.25) is 11.8 Å². The quantitative estimate of drug-likeness (QED) is 0.222. The van der Waals surface area contributed by atoms with Gasteiger partial charge in [-0.1, -0.05) is 90.9 Å². The Morgan fingerprint density at radius 2 is 1.46 bits per heavy atom. The number of hydrogen-bond donors (Lipinski definition) is 4. The van der Waals surface area contributed by atoms with Crippen molar-refractivity contribution in [2.45, 2.75) is 90.0 Å². The molecule has 0 heterocycles. The molecule has 2 rings (SSSR count). The van der Waals surface area contributed by atoms with E-state index in [2.05, 4.69) is 10.6 Å². The van der Waals surface area contributed by atoms with E-state index in [1.165, 1.54) is 24.9 Å². The van der Waals surface area contributed by atoms with Crippen LogP contribution in [-0.4, -0.2) is 75.3 Å². The third-order valence-electron chi connectivity index (χ3n) is 8.33. The Bertz CT molecular complexity index is 1690. The number of sulfonamides is 1. The van der Waals surface area contributed by atoms with Crippen LogP contribution in [0, 0.1) is 11.3 Å². The molecular formula is C35H48F3N5O6S. The van der Waals surface area contributed by atoms with E-state index >= 15 is 0 Å². The summed E-state index contributed by atoms with van der Waals surface area (Å²) in [6, 6.07) is 11.1. The molecule has 0 spiro atoms. The van der Waals surface area contributed by atoms with Crippen molar-refractivity contribution in [1.82, 2.24) is 20.3 Å². The van der Waals surface area contributed by atoms with Crippen molar-refractivity contribution in [2.75, 3.05) is 19.4 Å². The molecule has 4 N–H and O–H groups in total. The van der Waals surface area contributed by atoms with Crippen LogP contribution in [0.4, 0.5) is 18.9 Å². The molecule has 0 bridgehead atoms. The molecule has 4 amide bonds. The Kier molecular flexibility index (Phi) is 13.6. The van der Waals surface area contributed by atoms with Crippen molar-refractivity contribution >= 4 is 39.3 Å². The highest BCUT2D eigenvalue weighted by Crippen LogP contribution is 2.29. The maximum absolute atomic E-state index is 14.1. The molecule has 50 heavy (non-hydrogen) atoms. The van der Waals surface area contributed by atoms with E-state index < -0.39 is 73.5 Å². The highest BCUT2D eigenvalue weighted by Gasteiger charge is 2.42. The molecule has 11 nitrogen and oxygen atoms in total. The second kappa shape index (κ2) is 16.2. The van der Waals surface area contributed by atoms with Crippen molar-refractivity contribution in [1.29, 1.82) is 0 Å². The summed E-state index contributed by atoms with van der Waals surface area (Å²) < 4.78 is 65.8. The molecule has 0 saturated carbocycles. The van der Waals surface area contributed by atoms with Crippen LogP contribution in [0.15, 0.2) is 71.1 Å². The van der Waals surface area contributed by atoms with Crippen LogP contribution in [0.25, 0.3) is 0 Å². The first-order chi connectivity index (χ1) is 22.8. The van der Waals surface area contributed by atoms with Gasteiger partial charge in [0.15, 0.2) is 0 Å². The minimum Gasteiger partial charge on any atom is -0.342 e. The summed E-state index contributed by atoms with van der Waals surface area (Å²) in [6.07, 6.45) is -3.76. The lowest BCUT2D eigenvalue weighted by molar-refractivity contribution is -0.167. The lowest BCUT2D eigenvalue weighted by Gasteiger charge is -2.40. The van der Waals surface area contributed by atoms with Gasteiger partial charge in [0.1, 0.15) is 6.04 Å². The van der Waals surface area contributed by atoms with E-state index in [1.807, 2.05) is 69.7 Å². The van der Waals surface area contributed by atoms with Crippen LogP contribution in [0.3, 0.4) is 0 Å². The SMILES string of the molecule is CN[C@H](C(=O)NC(C(=O)N(C)[C@H](/C=C(\C)C(=O)NS(=O)(=O)c1cccc(NC(=O)C(F)(F)F)c1)C(C)C)C(C)(C)C)C(C)(C)c1ccccc1. The Hall–Kier alpha value is -4.24. The van der Waals surface area contributed by atoms with E-state index in [9.17, 15) is 40.8 Å². The molecule has 0 radical (unpaired) electrons. The van der Waals surface area contributed by atoms with Gasteiger partial charge in [0.25, 0.3) is 15.9 Å². The van der Waals surface area contributed by atoms with Crippen molar-refractivity contribution in [2.24, 2.45) is 11.3 Å². The number of likely N-dealkylation sites (N-methyl/N-ethyl adjacent to an activating group) is 2. The molecule has 0 aliphatic heterocycles. The largest absolute Gasteiger partial charge is 0.471 e. The zero-order valence-corrected chi connectivity index (χ0v) is 30.8. The summed E-state index contributed by atoms with van der Waals surface area (Å²) in [5, 5.41) is 7.60. The monoisotopic (exact) mass is 723 g/mol. The van der Waals surface area contributed by atoms with Gasteiger partial charge in [-0.05, 0) is 49.1 Å². The van der Waals surface area contributed by atoms with Crippen molar-refractivity contribution in [3.05, 3.63) is 71.8 Å². The lowest BCUT2D eigenvalue weighted by atomic mass is 9.76. The molecule has 15 heteroatoms. The van der Waals surface area contributed by atoms with Crippen LogP contribution in [0.5, 0.6) is 0 Å². The highest BCUT2D eigenvalue weighted by molar-refractivity contribution is 7.90. The minimum atomic E-state index is -5.20. The predicted molar refractivity (Wildman–Crippen MR) is 185 cm³/mol. The summed E-state index contributed by atoms with van der Waals surface area (Å²) in [7, 11) is -1.39. The summed E-state index contributed by atoms with van der Waals surface area (Å²) in [5.74, 6) is -4.42. The molecule has 3 atom stereocenters. The number of nitrogens with zero attached hydrogens (tertiary/aromatic N) is 1. The molecule has 1 unspecified atom stereocenters. The first-order valence-electron chi connectivity index (χ1n) is 15.9. The molecule has 0 saturated heterocycles. The topological polar surface area (TPSA) is 154 Å². The second-order valence-electron chi connectivity index (χ2n) is 14.1. The molecule has 0 aromatic heterocycles. The van der Waals surface area contributed by atoms with Crippen LogP contribution in [0.1, 0.15) is 61.0 Å². The van der Waals surface area contributed by atoms with Crippen molar-refractivity contribution in [3.63, 3.8) is 0 Å². The predicted octanol–water partition coefficient (Wildman–Crippen LogP) is 4.52. The van der Waals surface area contributed by atoms with Gasteiger partial charge in [-0.25, -0.2) is 13.1 Å². The molecule has 0 fully saturated rings. The minimum absolute atomic E-state index is 0.0651. The third-order valence-corrected chi connectivity index (χ3v) is 9.66. The van der Waals surface area contributed by atoms with E-state index in [0.29, 0.717) is 0 Å². The lowest BCUT2D eigenvalue weighted by Crippen LogP contribution is -2.61. The maximum Gasteiger partial charge on any atom is 0.471 e. The number of halogens is 3. The van der Waals surface area contributed by atoms with Crippen LogP contribution in [-0.2, 0) is 34.6 Å². The zero-order valence-electron chi connectivity index (χ0n) is 30.0. The summed E-state index contributed by atoms with van der Waals surface area (Å²) in [4.78, 5) is 53.1. The van der Waals surface area contributed by atoms with Gasteiger partial charge in [-0.2, -0.15) is 13.2 Å². The molecular weight excluding hydrogens is 675 g/mol. The average Bonchev–Trinajstić information content (AvgIpc) is 3.01. The Morgan fingerprint density at radius 1 is 0.880 bits per heavy atom. The van der Waals surface area contributed by atoms with Crippen molar-refractivity contribution in [3.8, 4) is 0 Å². The van der Waals surface area contributed by atoms with Gasteiger partial charge in [0, 0.05) is 23.7 Å². The van der Waals surface area contributed by atoms with E-state index in [4.69, 9.17) is 0 Å². The molecule has 0 aliphatic rings. The smallest absolute Gasteiger partial charge is 0.342 e. The number of carbonyl (C=O) groups is 4. The first-order valence-corrected chi connectivity index (χ1v) is 17.4. The third kappa shape index (κ3) is 10.6. The zero-order chi connectivity index (χ0) is 38.4. The Morgan fingerprint density at radius 3 is 1.96 bits per heavy atom. The van der Waals surface area contributed by atoms with Gasteiger partial charge >= 0.3 is 12.1 Å². The number of anilines is 1.